The molecule has 0 saturated carbocycles. The van der Waals surface area contributed by atoms with Crippen LogP contribution in [-0.2, 0) is 22.7 Å². The molecule has 1 atom stereocenters. The van der Waals surface area contributed by atoms with E-state index < -0.39 is 6.04 Å². The van der Waals surface area contributed by atoms with Gasteiger partial charge in [0.05, 0.1) is 44.3 Å². The average Bonchev–Trinajstić information content (AvgIpc) is 3.23. The van der Waals surface area contributed by atoms with Crippen molar-refractivity contribution >= 4 is 22.8 Å². The molecule has 2 heterocycles. The highest BCUT2D eigenvalue weighted by Gasteiger charge is 2.32. The van der Waals surface area contributed by atoms with Gasteiger partial charge in [-0.3, -0.25) is 14.5 Å². The molecule has 9 nitrogen and oxygen atoms in total. The minimum Gasteiger partial charge on any atom is -0.493 e. The van der Waals surface area contributed by atoms with Gasteiger partial charge in [0.2, 0.25) is 11.8 Å². The Hall–Kier alpha value is -3.59. The Balaban J connectivity index is 1.43. The Kier molecular flexibility index (Phi) is 6.79. The second-order valence-electron chi connectivity index (χ2n) is 8.12. The van der Waals surface area contributed by atoms with Crippen LogP contribution >= 0.6 is 0 Å². The standard InChI is InChI=1S/C24H29N5O4/c1-28(15-22-26-17-6-4-5-7-18(17)27-22)23(30)13-19-24(31)25-10-11-29(19)14-16-8-9-20(32-2)21(12-16)33-3/h4-9,12,19H,10-11,13-15H2,1-3H3,(H,25,31)(H,26,27). The number of fused-ring (bicyclic) bond motifs is 1. The van der Waals surface area contributed by atoms with Gasteiger partial charge in [-0.05, 0) is 29.8 Å². The van der Waals surface area contributed by atoms with E-state index in [1.165, 1.54) is 0 Å². The third kappa shape index (κ3) is 5.09. The van der Waals surface area contributed by atoms with Crippen LogP contribution in [0.3, 0.4) is 0 Å². The van der Waals surface area contributed by atoms with Gasteiger partial charge >= 0.3 is 0 Å². The van der Waals surface area contributed by atoms with E-state index in [1.54, 1.807) is 26.2 Å². The SMILES string of the molecule is COc1ccc(CN2CCNC(=O)C2CC(=O)N(C)Cc2nc3ccccc3[nH]2)cc1OC. The molecule has 3 aromatic rings. The fraction of sp³-hybridized carbons (Fsp3) is 0.375. The van der Waals surface area contributed by atoms with Gasteiger partial charge in [-0.2, -0.15) is 0 Å². The second-order valence-corrected chi connectivity index (χ2v) is 8.12. The monoisotopic (exact) mass is 451 g/mol. The van der Waals surface area contributed by atoms with Gasteiger partial charge in [0.1, 0.15) is 5.82 Å². The van der Waals surface area contributed by atoms with E-state index >= 15 is 0 Å². The van der Waals surface area contributed by atoms with Crippen molar-refractivity contribution in [2.75, 3.05) is 34.4 Å². The number of hydrogen-bond acceptors (Lipinski definition) is 6. The summed E-state index contributed by atoms with van der Waals surface area (Å²) in [5, 5.41) is 2.89. The molecule has 1 aliphatic heterocycles. The molecule has 1 aromatic heterocycles. The topological polar surface area (TPSA) is 99.8 Å². The summed E-state index contributed by atoms with van der Waals surface area (Å²) in [6.45, 7) is 2.08. The van der Waals surface area contributed by atoms with E-state index in [0.29, 0.717) is 43.5 Å². The first-order valence-corrected chi connectivity index (χ1v) is 10.9. The summed E-state index contributed by atoms with van der Waals surface area (Å²) >= 11 is 0. The molecule has 4 rings (SSSR count). The maximum absolute atomic E-state index is 13.0. The number of nitrogens with zero attached hydrogens (tertiary/aromatic N) is 3. The van der Waals surface area contributed by atoms with E-state index in [0.717, 1.165) is 16.6 Å². The molecule has 33 heavy (non-hydrogen) atoms. The summed E-state index contributed by atoms with van der Waals surface area (Å²) in [5.74, 6) is 1.75. The Morgan fingerprint density at radius 1 is 1.18 bits per heavy atom. The molecule has 1 saturated heterocycles. The summed E-state index contributed by atoms with van der Waals surface area (Å²) in [7, 11) is 4.92. The predicted octanol–water partition coefficient (Wildman–Crippen LogP) is 1.93. The highest BCUT2D eigenvalue weighted by molar-refractivity contribution is 5.88. The quantitative estimate of drug-likeness (QED) is 0.543. The zero-order valence-corrected chi connectivity index (χ0v) is 19.1. The van der Waals surface area contributed by atoms with Crippen molar-refractivity contribution in [3.63, 3.8) is 0 Å². The van der Waals surface area contributed by atoms with E-state index in [4.69, 9.17) is 9.47 Å². The van der Waals surface area contributed by atoms with Crippen molar-refractivity contribution in [3.8, 4) is 11.5 Å². The van der Waals surface area contributed by atoms with E-state index in [-0.39, 0.29) is 18.2 Å². The summed E-state index contributed by atoms with van der Waals surface area (Å²) in [6.07, 6.45) is 0.0931. The van der Waals surface area contributed by atoms with Crippen LogP contribution in [0.2, 0.25) is 0 Å². The highest BCUT2D eigenvalue weighted by Crippen LogP contribution is 2.28. The number of nitrogens with one attached hydrogen (secondary N) is 2. The smallest absolute Gasteiger partial charge is 0.237 e. The van der Waals surface area contributed by atoms with Gasteiger partial charge in [-0.15, -0.1) is 0 Å². The third-order valence-corrected chi connectivity index (χ3v) is 5.89. The molecule has 2 aromatic carbocycles. The van der Waals surface area contributed by atoms with Crippen LogP contribution in [0, 0.1) is 0 Å². The molecule has 0 aliphatic carbocycles. The van der Waals surface area contributed by atoms with Gasteiger partial charge in [-0.25, -0.2) is 4.98 Å². The molecular weight excluding hydrogens is 422 g/mol. The molecule has 2 amide bonds. The van der Waals surface area contributed by atoms with Crippen molar-refractivity contribution in [3.05, 3.63) is 53.9 Å². The lowest BCUT2D eigenvalue weighted by atomic mass is 10.1. The zero-order valence-electron chi connectivity index (χ0n) is 19.1. The van der Waals surface area contributed by atoms with E-state index in [2.05, 4.69) is 15.3 Å². The second kappa shape index (κ2) is 9.91. The first-order chi connectivity index (χ1) is 16.0. The molecule has 1 aliphatic rings. The number of rotatable bonds is 8. The van der Waals surface area contributed by atoms with E-state index in [1.807, 2.05) is 47.4 Å². The van der Waals surface area contributed by atoms with Crippen LogP contribution in [0.1, 0.15) is 17.8 Å². The molecule has 9 heteroatoms. The number of imidazole rings is 1. The molecule has 174 valence electrons. The number of aromatic amines is 1. The maximum atomic E-state index is 13.0. The summed E-state index contributed by atoms with van der Waals surface area (Å²) in [6, 6.07) is 12.9. The predicted molar refractivity (Wildman–Crippen MR) is 124 cm³/mol. The number of ether oxygens (including phenoxy) is 2. The number of hydrogen-bond donors (Lipinski definition) is 2. The van der Waals surface area contributed by atoms with Gasteiger partial charge in [-0.1, -0.05) is 18.2 Å². The van der Waals surface area contributed by atoms with Crippen LogP contribution in [-0.4, -0.2) is 72.0 Å². The fourth-order valence-electron chi connectivity index (χ4n) is 4.10. The molecule has 0 radical (unpaired) electrons. The van der Waals surface area contributed by atoms with Crippen molar-refractivity contribution in [2.45, 2.75) is 25.6 Å². The summed E-state index contributed by atoms with van der Waals surface area (Å²) < 4.78 is 10.7. The number of H-pyrrole nitrogens is 1. The number of para-hydroxylation sites is 2. The summed E-state index contributed by atoms with van der Waals surface area (Å²) in [5.41, 5.74) is 2.78. The van der Waals surface area contributed by atoms with Crippen LogP contribution < -0.4 is 14.8 Å². The van der Waals surface area contributed by atoms with Gasteiger partial charge in [0.15, 0.2) is 11.5 Å². The molecular formula is C24H29N5O4. The van der Waals surface area contributed by atoms with Gasteiger partial charge < -0.3 is 24.7 Å². The molecule has 0 bridgehead atoms. The van der Waals surface area contributed by atoms with Crippen molar-refractivity contribution in [2.24, 2.45) is 0 Å². The average molecular weight is 452 g/mol. The molecule has 1 fully saturated rings. The maximum Gasteiger partial charge on any atom is 0.237 e. The number of amides is 2. The highest BCUT2D eigenvalue weighted by atomic mass is 16.5. The lowest BCUT2D eigenvalue weighted by molar-refractivity contribution is -0.138. The lowest BCUT2D eigenvalue weighted by Crippen LogP contribution is -2.56. The Morgan fingerprint density at radius 3 is 2.73 bits per heavy atom. The number of carbonyl (C=O) groups is 2. The van der Waals surface area contributed by atoms with Crippen LogP contribution in [0.4, 0.5) is 0 Å². The summed E-state index contributed by atoms with van der Waals surface area (Å²) in [4.78, 5) is 37.1. The number of piperazine rings is 1. The molecule has 1 unspecified atom stereocenters. The zero-order chi connectivity index (χ0) is 23.4. The number of aromatic nitrogens is 2. The lowest BCUT2D eigenvalue weighted by Gasteiger charge is -2.35. The van der Waals surface area contributed by atoms with Crippen LogP contribution in [0.25, 0.3) is 11.0 Å². The normalized spacial score (nSPS) is 16.5. The van der Waals surface area contributed by atoms with E-state index in [9.17, 15) is 9.59 Å². The third-order valence-electron chi connectivity index (χ3n) is 5.89. The Labute approximate surface area is 192 Å². The van der Waals surface area contributed by atoms with Crippen molar-refractivity contribution in [1.82, 2.24) is 25.1 Å². The Morgan fingerprint density at radius 2 is 1.97 bits per heavy atom. The molecule has 2 N–H and O–H groups in total. The van der Waals surface area contributed by atoms with Crippen LogP contribution in [0.15, 0.2) is 42.5 Å². The minimum absolute atomic E-state index is 0.0931. The minimum atomic E-state index is -0.544. The first kappa shape index (κ1) is 22.6. The number of benzene rings is 2. The largest absolute Gasteiger partial charge is 0.493 e. The fourth-order valence-corrected chi connectivity index (χ4v) is 4.10. The number of methoxy groups -OCH3 is 2. The van der Waals surface area contributed by atoms with Gasteiger partial charge in [0, 0.05) is 26.7 Å². The Bertz CT molecular complexity index is 1110. The molecule has 0 spiro atoms. The number of carbonyl (C=O) groups excluding carboxylic acids is 2. The van der Waals surface area contributed by atoms with Crippen molar-refractivity contribution < 1.29 is 19.1 Å². The first-order valence-electron chi connectivity index (χ1n) is 10.9. The van der Waals surface area contributed by atoms with Gasteiger partial charge in [0.25, 0.3) is 0 Å². The van der Waals surface area contributed by atoms with Crippen LogP contribution in [0.5, 0.6) is 11.5 Å². The van der Waals surface area contributed by atoms with Crippen molar-refractivity contribution in [1.29, 1.82) is 0 Å².